The highest BCUT2D eigenvalue weighted by molar-refractivity contribution is 8.00. The maximum Gasteiger partial charge on any atom is 0.303 e. The number of benzene rings is 3. The summed E-state index contributed by atoms with van der Waals surface area (Å²) in [6, 6.07) is 23.1. The molecule has 0 fully saturated rings. The lowest BCUT2D eigenvalue weighted by Crippen LogP contribution is -2.19. The fourth-order valence-corrected chi connectivity index (χ4v) is 4.21. The van der Waals surface area contributed by atoms with E-state index in [1.54, 1.807) is 42.5 Å². The van der Waals surface area contributed by atoms with Crippen LogP contribution < -0.4 is 10.6 Å². The van der Waals surface area contributed by atoms with Crippen LogP contribution in [0.2, 0.25) is 0 Å². The Hall–Kier alpha value is -3.91. The number of carboxylic acids is 1. The maximum absolute atomic E-state index is 13.2. The van der Waals surface area contributed by atoms with Crippen LogP contribution in [-0.4, -0.2) is 28.7 Å². The van der Waals surface area contributed by atoms with Crippen LogP contribution in [-0.2, 0) is 14.4 Å². The van der Waals surface area contributed by atoms with E-state index in [0.717, 1.165) is 10.5 Å². The molecule has 3 aromatic rings. The van der Waals surface area contributed by atoms with Gasteiger partial charge in [-0.2, -0.15) is 0 Å². The second-order valence-corrected chi connectivity index (χ2v) is 8.68. The highest BCUT2D eigenvalue weighted by atomic mass is 32.2. The molecule has 8 heteroatoms. The molecule has 0 aliphatic heterocycles. The Bertz CT molecular complexity index is 1180. The quantitative estimate of drug-likeness (QED) is 0.275. The average Bonchev–Trinajstić information content (AvgIpc) is 2.82. The minimum atomic E-state index is -1.04. The minimum absolute atomic E-state index is 0.0504. The van der Waals surface area contributed by atoms with Crippen LogP contribution in [0.3, 0.4) is 0 Å². The monoisotopic (exact) mass is 476 g/mol. The van der Waals surface area contributed by atoms with Gasteiger partial charge in [-0.1, -0.05) is 36.4 Å². The van der Waals surface area contributed by atoms with E-state index >= 15 is 0 Å². The molecule has 7 nitrogen and oxygen atoms in total. The fourth-order valence-electron chi connectivity index (χ4n) is 3.12. The van der Waals surface area contributed by atoms with Crippen molar-refractivity contribution in [2.24, 2.45) is 0 Å². The van der Waals surface area contributed by atoms with Crippen LogP contribution in [0, 0.1) is 0 Å². The first-order chi connectivity index (χ1) is 16.3. The van der Waals surface area contributed by atoms with Crippen LogP contribution in [0.15, 0.2) is 83.8 Å². The van der Waals surface area contributed by atoms with Gasteiger partial charge in [0.05, 0.1) is 6.42 Å². The zero-order valence-electron chi connectivity index (χ0n) is 18.5. The summed E-state index contributed by atoms with van der Waals surface area (Å²) in [5, 5.41) is 13.8. The molecule has 0 saturated heterocycles. The summed E-state index contributed by atoms with van der Waals surface area (Å²) in [7, 11) is 0. The zero-order chi connectivity index (χ0) is 24.5. The Morgan fingerprint density at radius 2 is 1.53 bits per heavy atom. The molecule has 1 unspecified atom stereocenters. The van der Waals surface area contributed by atoms with E-state index in [4.69, 9.17) is 5.11 Å². The van der Waals surface area contributed by atoms with Gasteiger partial charge in [0.1, 0.15) is 5.25 Å². The molecule has 2 amide bonds. The van der Waals surface area contributed by atoms with Gasteiger partial charge in [0.2, 0.25) is 11.8 Å². The van der Waals surface area contributed by atoms with E-state index in [2.05, 4.69) is 10.6 Å². The number of aliphatic carboxylic acids is 1. The van der Waals surface area contributed by atoms with Crippen molar-refractivity contribution in [1.82, 2.24) is 0 Å². The molecule has 0 aliphatic carbocycles. The fraction of sp³-hybridized carbons (Fsp3) is 0.154. The summed E-state index contributed by atoms with van der Waals surface area (Å²) in [6.07, 6.45) is -0.367. The number of Topliss-reactive ketones (excluding diaryl/α,β-unsaturated/α-hetero) is 1. The number of carboxylic acid groups (broad SMARTS) is 1. The molecular weight excluding hydrogens is 452 g/mol. The number of hydrogen-bond donors (Lipinski definition) is 3. The molecule has 0 aromatic heterocycles. The molecule has 34 heavy (non-hydrogen) atoms. The summed E-state index contributed by atoms with van der Waals surface area (Å²) < 4.78 is 0. The number of thioether (sulfide) groups is 1. The third-order valence-corrected chi connectivity index (χ3v) is 6.09. The molecule has 1 atom stereocenters. The number of nitrogens with one attached hydrogen (secondary N) is 2. The van der Waals surface area contributed by atoms with Crippen LogP contribution >= 0.6 is 11.8 Å². The molecule has 3 N–H and O–H groups in total. The van der Waals surface area contributed by atoms with E-state index in [1.165, 1.54) is 18.7 Å². The third-order valence-electron chi connectivity index (χ3n) is 4.84. The van der Waals surface area contributed by atoms with Crippen molar-refractivity contribution >= 4 is 46.7 Å². The number of amides is 2. The second-order valence-electron chi connectivity index (χ2n) is 7.50. The number of anilines is 2. The largest absolute Gasteiger partial charge is 0.481 e. The van der Waals surface area contributed by atoms with Gasteiger partial charge in [0.15, 0.2) is 5.78 Å². The minimum Gasteiger partial charge on any atom is -0.481 e. The number of hydrogen-bond acceptors (Lipinski definition) is 5. The lowest BCUT2D eigenvalue weighted by atomic mass is 10.1. The Morgan fingerprint density at radius 1 is 0.824 bits per heavy atom. The van der Waals surface area contributed by atoms with Gasteiger partial charge in [-0.05, 0) is 55.0 Å². The molecule has 0 bridgehead atoms. The normalized spacial score (nSPS) is 11.3. The highest BCUT2D eigenvalue weighted by Crippen LogP contribution is 2.37. The molecular formula is C26H24N2O5S. The van der Waals surface area contributed by atoms with E-state index in [0.29, 0.717) is 16.9 Å². The van der Waals surface area contributed by atoms with Crippen molar-refractivity contribution in [1.29, 1.82) is 0 Å². The van der Waals surface area contributed by atoms with Crippen LogP contribution in [0.4, 0.5) is 11.4 Å². The van der Waals surface area contributed by atoms with Crippen LogP contribution in [0.5, 0.6) is 0 Å². The van der Waals surface area contributed by atoms with Gasteiger partial charge >= 0.3 is 5.97 Å². The van der Waals surface area contributed by atoms with E-state index < -0.39 is 17.1 Å². The second kappa shape index (κ2) is 11.8. The standard InChI is InChI=1S/C26H24N2O5S/c1-17(29)18-10-12-20(13-11-18)28-26(33)25(19-6-3-2-4-7-19)34-22-9-5-8-21(16-22)27-23(30)14-15-24(31)32/h2-13,16,25H,14-15H2,1H3,(H,27,30)(H,28,33)(H,31,32). The van der Waals surface area contributed by atoms with Gasteiger partial charge in [-0.3, -0.25) is 19.2 Å². The maximum atomic E-state index is 13.2. The zero-order valence-corrected chi connectivity index (χ0v) is 19.3. The number of carbonyl (C=O) groups is 4. The van der Waals surface area contributed by atoms with Crippen molar-refractivity contribution < 1.29 is 24.3 Å². The first-order valence-corrected chi connectivity index (χ1v) is 11.4. The molecule has 0 radical (unpaired) electrons. The summed E-state index contributed by atoms with van der Waals surface area (Å²) in [5.41, 5.74) is 2.47. The molecule has 3 aromatic carbocycles. The molecule has 3 rings (SSSR count). The molecule has 0 spiro atoms. The van der Waals surface area contributed by atoms with Gasteiger partial charge in [0, 0.05) is 28.3 Å². The Labute approximate surface area is 201 Å². The van der Waals surface area contributed by atoms with Gasteiger partial charge in [0.25, 0.3) is 0 Å². The third kappa shape index (κ3) is 7.31. The smallest absolute Gasteiger partial charge is 0.303 e. The Morgan fingerprint density at radius 3 is 2.18 bits per heavy atom. The number of rotatable bonds is 10. The van der Waals surface area contributed by atoms with E-state index in [9.17, 15) is 19.2 Å². The highest BCUT2D eigenvalue weighted by Gasteiger charge is 2.22. The van der Waals surface area contributed by atoms with Crippen molar-refractivity contribution in [2.45, 2.75) is 29.9 Å². The average molecular weight is 477 g/mol. The molecule has 0 saturated carbocycles. The number of ketones is 1. The van der Waals surface area contributed by atoms with Crippen LogP contribution in [0.1, 0.15) is 40.9 Å². The van der Waals surface area contributed by atoms with Gasteiger partial charge in [-0.25, -0.2) is 0 Å². The van der Waals surface area contributed by atoms with Gasteiger partial charge < -0.3 is 15.7 Å². The van der Waals surface area contributed by atoms with Crippen molar-refractivity contribution in [2.75, 3.05) is 10.6 Å². The van der Waals surface area contributed by atoms with E-state index in [-0.39, 0.29) is 24.5 Å². The van der Waals surface area contributed by atoms with Crippen molar-refractivity contribution in [3.05, 3.63) is 90.0 Å². The van der Waals surface area contributed by atoms with Crippen LogP contribution in [0.25, 0.3) is 0 Å². The summed E-state index contributed by atoms with van der Waals surface area (Å²) in [4.78, 5) is 48.1. The predicted molar refractivity (Wildman–Crippen MR) is 132 cm³/mol. The van der Waals surface area contributed by atoms with Crippen molar-refractivity contribution in [3.63, 3.8) is 0 Å². The van der Waals surface area contributed by atoms with Gasteiger partial charge in [-0.15, -0.1) is 11.8 Å². The molecule has 0 heterocycles. The first kappa shape index (κ1) is 24.7. The van der Waals surface area contributed by atoms with E-state index in [1.807, 2.05) is 36.4 Å². The Balaban J connectivity index is 1.76. The lowest BCUT2D eigenvalue weighted by molar-refractivity contribution is -0.138. The topological polar surface area (TPSA) is 113 Å². The summed E-state index contributed by atoms with van der Waals surface area (Å²) in [5.74, 6) is -1.71. The van der Waals surface area contributed by atoms with Crippen molar-refractivity contribution in [3.8, 4) is 0 Å². The predicted octanol–water partition coefficient (Wildman–Crippen LogP) is 5.16. The lowest BCUT2D eigenvalue weighted by Gasteiger charge is -2.18. The molecule has 174 valence electrons. The molecule has 0 aliphatic rings. The SMILES string of the molecule is CC(=O)c1ccc(NC(=O)C(Sc2cccc(NC(=O)CCC(=O)O)c2)c2ccccc2)cc1. The number of carbonyl (C=O) groups excluding carboxylic acids is 3. The first-order valence-electron chi connectivity index (χ1n) is 10.6. The summed E-state index contributed by atoms with van der Waals surface area (Å²) >= 11 is 1.33. The Kier molecular flexibility index (Phi) is 8.59. The summed E-state index contributed by atoms with van der Waals surface area (Å²) in [6.45, 7) is 1.48.